The molecule has 5 nitrogen and oxygen atoms in total. The molecule has 1 aliphatic rings. The maximum atomic E-state index is 6.39. The van der Waals surface area contributed by atoms with Crippen LogP contribution in [0.15, 0.2) is 22.7 Å². The van der Waals surface area contributed by atoms with Gasteiger partial charge >= 0.3 is 0 Å². The van der Waals surface area contributed by atoms with Crippen LogP contribution >= 0.6 is 51.3 Å². The lowest BCUT2D eigenvalue weighted by Gasteiger charge is -2.25. The van der Waals surface area contributed by atoms with Crippen LogP contribution in [0.4, 0.5) is 5.69 Å². The van der Waals surface area contributed by atoms with Gasteiger partial charge < -0.3 is 10.2 Å². The zero-order valence-electron chi connectivity index (χ0n) is 15.3. The van der Waals surface area contributed by atoms with Gasteiger partial charge in [-0.05, 0) is 43.8 Å². The summed E-state index contributed by atoms with van der Waals surface area (Å²) in [6, 6.07) is 5.73. The van der Waals surface area contributed by atoms with Crippen molar-refractivity contribution in [1.82, 2.24) is 19.6 Å². The van der Waals surface area contributed by atoms with Crippen molar-refractivity contribution in [3.63, 3.8) is 0 Å². The van der Waals surface area contributed by atoms with Crippen molar-refractivity contribution in [1.29, 1.82) is 0 Å². The van der Waals surface area contributed by atoms with E-state index in [1.807, 2.05) is 32.2 Å². The van der Waals surface area contributed by atoms with E-state index >= 15 is 0 Å². The Labute approximate surface area is 183 Å². The number of aromatic nitrogens is 2. The van der Waals surface area contributed by atoms with Gasteiger partial charge in [0.05, 0.1) is 16.4 Å². The van der Waals surface area contributed by atoms with Gasteiger partial charge in [0.1, 0.15) is 5.15 Å². The maximum absolute atomic E-state index is 6.39. The number of hydrogen-bond donors (Lipinski definition) is 1. The summed E-state index contributed by atoms with van der Waals surface area (Å²) in [4.78, 5) is 4.61. The minimum atomic E-state index is 0.643. The summed E-state index contributed by atoms with van der Waals surface area (Å²) in [5.41, 5.74) is 2.92. The SMILES string of the molecule is Cc1nn(C)c(Cl)c1CN1CCCN(C(=S)Nc2ccc(Br)cc2Cl)CC1. The van der Waals surface area contributed by atoms with E-state index in [4.69, 9.17) is 35.4 Å². The second kappa shape index (κ2) is 9.09. The van der Waals surface area contributed by atoms with Gasteiger partial charge in [-0.25, -0.2) is 0 Å². The van der Waals surface area contributed by atoms with Gasteiger partial charge in [0.15, 0.2) is 5.11 Å². The Hall–Kier alpha value is -0.860. The fourth-order valence-corrected chi connectivity index (χ4v) is 4.44. The summed E-state index contributed by atoms with van der Waals surface area (Å²) < 4.78 is 2.68. The first kappa shape index (κ1) is 20.9. The third-order valence-electron chi connectivity index (χ3n) is 4.70. The third-order valence-corrected chi connectivity index (χ3v) is 6.34. The van der Waals surface area contributed by atoms with Gasteiger partial charge in [-0.3, -0.25) is 9.58 Å². The van der Waals surface area contributed by atoms with Crippen molar-refractivity contribution >= 4 is 62.1 Å². The van der Waals surface area contributed by atoms with E-state index in [1.165, 1.54) is 0 Å². The zero-order valence-corrected chi connectivity index (χ0v) is 19.2. The molecule has 146 valence electrons. The summed E-state index contributed by atoms with van der Waals surface area (Å²) in [6.07, 6.45) is 1.03. The minimum absolute atomic E-state index is 0.643. The van der Waals surface area contributed by atoms with Gasteiger partial charge in [-0.15, -0.1) is 0 Å². The zero-order chi connectivity index (χ0) is 19.6. The van der Waals surface area contributed by atoms with E-state index in [0.717, 1.165) is 65.7 Å². The molecule has 0 atom stereocenters. The first-order chi connectivity index (χ1) is 12.8. The van der Waals surface area contributed by atoms with Crippen LogP contribution in [0.1, 0.15) is 17.7 Å². The maximum Gasteiger partial charge on any atom is 0.173 e. The Balaban J connectivity index is 1.60. The summed E-state index contributed by atoms with van der Waals surface area (Å²) in [7, 11) is 1.88. The van der Waals surface area contributed by atoms with E-state index in [0.29, 0.717) is 10.1 Å². The van der Waals surface area contributed by atoms with E-state index in [9.17, 15) is 0 Å². The molecule has 0 unspecified atom stereocenters. The Morgan fingerprint density at radius 3 is 2.70 bits per heavy atom. The van der Waals surface area contributed by atoms with Crippen LogP contribution in [0.5, 0.6) is 0 Å². The number of benzene rings is 1. The van der Waals surface area contributed by atoms with Crippen LogP contribution < -0.4 is 5.32 Å². The van der Waals surface area contributed by atoms with E-state index in [1.54, 1.807) is 4.68 Å². The van der Waals surface area contributed by atoms with Crippen molar-refractivity contribution in [3.8, 4) is 0 Å². The van der Waals surface area contributed by atoms with Crippen LogP contribution in [-0.4, -0.2) is 50.9 Å². The molecule has 0 bridgehead atoms. The number of nitrogens with one attached hydrogen (secondary N) is 1. The molecule has 0 aliphatic carbocycles. The molecule has 0 saturated carbocycles. The van der Waals surface area contributed by atoms with Gasteiger partial charge in [0.25, 0.3) is 0 Å². The van der Waals surface area contributed by atoms with Crippen LogP contribution in [0.2, 0.25) is 10.2 Å². The largest absolute Gasteiger partial charge is 0.348 e. The molecule has 1 aliphatic heterocycles. The first-order valence-electron chi connectivity index (χ1n) is 8.76. The highest BCUT2D eigenvalue weighted by atomic mass is 79.9. The fraction of sp³-hybridized carbons (Fsp3) is 0.444. The first-order valence-corrected chi connectivity index (χ1v) is 10.7. The molecule has 3 rings (SSSR count). The number of anilines is 1. The predicted molar refractivity (Wildman–Crippen MR) is 120 cm³/mol. The van der Waals surface area contributed by atoms with Crippen LogP contribution in [-0.2, 0) is 13.6 Å². The molecule has 0 spiro atoms. The highest BCUT2D eigenvalue weighted by Crippen LogP contribution is 2.26. The highest BCUT2D eigenvalue weighted by Gasteiger charge is 2.20. The van der Waals surface area contributed by atoms with E-state index in [2.05, 4.69) is 36.1 Å². The normalized spacial score (nSPS) is 15.7. The molecule has 27 heavy (non-hydrogen) atoms. The number of nitrogens with zero attached hydrogens (tertiary/aromatic N) is 4. The molecule has 0 radical (unpaired) electrons. The predicted octanol–water partition coefficient (Wildman–Crippen LogP) is 4.70. The topological polar surface area (TPSA) is 36.3 Å². The van der Waals surface area contributed by atoms with Gasteiger partial charge in [-0.2, -0.15) is 5.10 Å². The van der Waals surface area contributed by atoms with Gasteiger partial charge in [0.2, 0.25) is 0 Å². The molecular weight excluding hydrogens is 469 g/mol. The Morgan fingerprint density at radius 1 is 1.26 bits per heavy atom. The third kappa shape index (κ3) is 5.15. The number of thiocarbonyl (C=S) groups is 1. The fourth-order valence-electron chi connectivity index (χ4n) is 3.19. The van der Waals surface area contributed by atoms with E-state index < -0.39 is 0 Å². The van der Waals surface area contributed by atoms with Crippen LogP contribution in [0, 0.1) is 6.92 Å². The Bertz CT molecular complexity index is 841. The smallest absolute Gasteiger partial charge is 0.173 e. The van der Waals surface area contributed by atoms with Crippen molar-refractivity contribution in [3.05, 3.63) is 44.1 Å². The lowest BCUT2D eigenvalue weighted by Crippen LogP contribution is -2.37. The molecule has 0 amide bonds. The van der Waals surface area contributed by atoms with Crippen LogP contribution in [0.25, 0.3) is 0 Å². The van der Waals surface area contributed by atoms with Crippen molar-refractivity contribution in [2.24, 2.45) is 7.05 Å². The molecule has 2 aromatic rings. The lowest BCUT2D eigenvalue weighted by molar-refractivity contribution is 0.277. The average molecular weight is 491 g/mol. The van der Waals surface area contributed by atoms with Crippen molar-refractivity contribution in [2.75, 3.05) is 31.5 Å². The summed E-state index contributed by atoms with van der Waals surface area (Å²) in [5.74, 6) is 0. The number of halogens is 3. The number of rotatable bonds is 3. The van der Waals surface area contributed by atoms with Crippen LogP contribution in [0.3, 0.4) is 0 Å². The highest BCUT2D eigenvalue weighted by molar-refractivity contribution is 9.10. The quantitative estimate of drug-likeness (QED) is 0.631. The van der Waals surface area contributed by atoms with E-state index in [-0.39, 0.29) is 0 Å². The lowest BCUT2D eigenvalue weighted by atomic mass is 10.2. The summed E-state index contributed by atoms with van der Waals surface area (Å²) in [6.45, 7) is 6.51. The monoisotopic (exact) mass is 489 g/mol. The minimum Gasteiger partial charge on any atom is -0.348 e. The molecule has 2 heterocycles. The van der Waals surface area contributed by atoms with Crippen molar-refractivity contribution < 1.29 is 0 Å². The number of hydrogen-bond acceptors (Lipinski definition) is 3. The summed E-state index contributed by atoms with van der Waals surface area (Å²) >= 11 is 21.7. The number of aryl methyl sites for hydroxylation is 2. The molecule has 1 N–H and O–H groups in total. The van der Waals surface area contributed by atoms with Gasteiger partial charge in [0, 0.05) is 49.8 Å². The Kier molecular flexibility index (Phi) is 7.03. The standard InChI is InChI=1S/C18H22BrCl2N5S/c1-12-14(17(21)24(2)23-12)11-25-6-3-7-26(9-8-25)18(27)22-16-5-4-13(19)10-15(16)20/h4-5,10H,3,6-9,11H2,1-2H3,(H,22,27). The average Bonchev–Trinajstić information content (AvgIpc) is 2.80. The molecular formula is C18H22BrCl2N5S. The Morgan fingerprint density at radius 2 is 2.04 bits per heavy atom. The van der Waals surface area contributed by atoms with Crippen molar-refractivity contribution in [2.45, 2.75) is 19.9 Å². The summed E-state index contributed by atoms with van der Waals surface area (Å²) in [5, 5.41) is 9.74. The molecule has 1 saturated heterocycles. The van der Waals surface area contributed by atoms with Gasteiger partial charge in [-0.1, -0.05) is 39.1 Å². The molecule has 9 heteroatoms. The molecule has 1 aromatic heterocycles. The second-order valence-corrected chi connectivity index (χ2v) is 8.72. The second-order valence-electron chi connectivity index (χ2n) is 6.65. The molecule has 1 fully saturated rings. The molecule has 1 aromatic carbocycles.